The maximum Gasteiger partial charge on any atom is 0.115 e. The van der Waals surface area contributed by atoms with Crippen LogP contribution in [0.2, 0.25) is 0 Å². The van der Waals surface area contributed by atoms with E-state index in [1.807, 2.05) is 0 Å². The van der Waals surface area contributed by atoms with Crippen LogP contribution < -0.4 is 125 Å². The fraction of sp³-hybridized carbons (Fsp3) is 0.0476. The summed E-state index contributed by atoms with van der Waals surface area (Å²) in [5.74, 6) is -2.43. The van der Waals surface area contributed by atoms with Crippen LogP contribution in [0.4, 0.5) is 0 Å². The largest absolute Gasteiger partial charge is 0.125 e. The highest BCUT2D eigenvalue weighted by molar-refractivity contribution is 6.75. The zero-order valence-corrected chi connectivity index (χ0v) is 36.2. The minimum atomic E-state index is -1.23. The summed E-state index contributed by atoms with van der Waals surface area (Å²) in [5, 5.41) is 0.934. The predicted molar refractivity (Wildman–Crippen MR) is 317 cm³/mol. The first-order valence-corrected chi connectivity index (χ1v) is 20.2. The van der Waals surface area contributed by atoms with E-state index in [-0.39, 0.29) is 218 Å². The van der Waals surface area contributed by atoms with Gasteiger partial charge in [0.2, 0.25) is 0 Å². The molecule has 2 aliphatic carbocycles. The molecule has 0 amide bonds. The highest BCUT2D eigenvalue weighted by Gasteiger charge is 2.36. The summed E-state index contributed by atoms with van der Waals surface area (Å²) in [6.07, 6.45) is 0. The van der Waals surface area contributed by atoms with E-state index in [9.17, 15) is 0 Å². The highest BCUT2D eigenvalue weighted by atomic mass is 14.4. The molecule has 0 aromatic heterocycles. The lowest BCUT2D eigenvalue weighted by Gasteiger charge is -2.34. The highest BCUT2D eigenvalue weighted by Crippen LogP contribution is 2.49. The van der Waals surface area contributed by atoms with Crippen molar-refractivity contribution in [2.45, 2.75) is 11.7 Å². The zero-order chi connectivity index (χ0) is 50.2. The summed E-state index contributed by atoms with van der Waals surface area (Å²) >= 11 is 0. The van der Waals surface area contributed by atoms with Crippen molar-refractivity contribution in [2.24, 2.45) is 0 Å². The maximum absolute atomic E-state index is 7.31. The number of fused-ring (bicyclic) bond motifs is 5. The first-order valence-electron chi connectivity index (χ1n) is 20.2. The molecule has 26 heteroatoms. The Kier molecular flexibility index (Phi) is 12.0. The summed E-state index contributed by atoms with van der Waals surface area (Å²) in [6.45, 7) is 0. The Balaban J connectivity index is 1.57. The molecule has 0 saturated heterocycles. The second kappa shape index (κ2) is 16.5. The first kappa shape index (κ1) is 49.5. The van der Waals surface area contributed by atoms with Crippen LogP contribution in [0.5, 0.6) is 0 Å². The monoisotopic (exact) mass is 792 g/mol. The molecule has 0 N–H and O–H groups in total. The van der Waals surface area contributed by atoms with Gasteiger partial charge in [0.25, 0.3) is 0 Å². The number of allylic oxidation sites excluding steroid dienone is 1. The Morgan fingerprint density at radius 2 is 0.515 bits per heavy atom. The van der Waals surface area contributed by atoms with E-state index >= 15 is 0 Å². The van der Waals surface area contributed by atoms with Crippen LogP contribution in [0.3, 0.4) is 0 Å². The van der Waals surface area contributed by atoms with Gasteiger partial charge in [0.15, 0.2) is 0 Å². The smallest absolute Gasteiger partial charge is 0.115 e. The van der Waals surface area contributed by atoms with Crippen LogP contribution in [0.15, 0.2) is 5.47 Å². The van der Waals surface area contributed by atoms with Crippen molar-refractivity contribution >= 4 is 367 Å². The summed E-state index contributed by atoms with van der Waals surface area (Å²) in [4.78, 5) is 0. The molecule has 0 heterocycles. The minimum Gasteiger partial charge on any atom is -0.125 e. The van der Waals surface area contributed by atoms with E-state index in [2.05, 4.69) is 0 Å². The van der Waals surface area contributed by atoms with E-state index < -0.39 is 11.7 Å². The van der Waals surface area contributed by atoms with Gasteiger partial charge < -0.3 is 0 Å². The molecule has 7 aromatic rings. The first-order chi connectivity index (χ1) is 31.7. The SMILES string of the molecule is [B]C1=C([B])C([B])c2c1c(-c1c3c([B])c([B])c([B])c([B])c3c(C3C([B])=c4c([B])c([B])c([B])c([B])c4=C3[B])c3c([B])c([B])c([B])c([B])c13)c([B])c([B])c2-c1c([B])c([B])c2c([B])c([B])c([B])c([B])c2c1[B]. The van der Waals surface area contributed by atoms with Gasteiger partial charge in [-0.1, -0.05) is 76.5 Å². The molecule has 2 aliphatic rings. The van der Waals surface area contributed by atoms with Crippen molar-refractivity contribution in [3.8, 4) is 22.3 Å². The molecule has 0 bridgehead atoms. The average molecular weight is 788 g/mol. The van der Waals surface area contributed by atoms with E-state index in [1.165, 1.54) is 0 Å². The number of benzene rings is 7. The standard InChI is InChI=1S/C42H2B26/c43-17-11(18(44)14-13(17)30(56)39(65)40(66)31(14)57)2-6-3(22(48)35(61)37(63)24(6)50)1(4-7(2)25(51)38(64)36(62)23(4)49)5-8-9(27(53)34(60)26(8)52)10(21(47)20(5)46)12-19(45)15-16(29(55)28(12)54)33(59)42(68)41(67)32(15)58/h11,27H. The van der Waals surface area contributed by atoms with Gasteiger partial charge in [-0.2, -0.15) is 0 Å². The van der Waals surface area contributed by atoms with Crippen LogP contribution in [0, 0.1) is 0 Å². The molecule has 1 atom stereocenters. The average Bonchev–Trinajstić information content (AvgIpc) is 3.69. The van der Waals surface area contributed by atoms with Crippen LogP contribution >= 0.6 is 0 Å². The summed E-state index contributed by atoms with van der Waals surface area (Å²) < 4.78 is 0. The quantitative estimate of drug-likeness (QED) is 0.124. The normalized spacial score (nSPS) is 14.8. The van der Waals surface area contributed by atoms with Gasteiger partial charge >= 0.3 is 0 Å². The fourth-order valence-corrected chi connectivity index (χ4v) is 10.3. The molecule has 0 saturated carbocycles. The molecule has 7 aromatic carbocycles. The Morgan fingerprint density at radius 3 is 0.926 bits per heavy atom. The third-order valence-electron chi connectivity index (χ3n) is 13.9. The van der Waals surface area contributed by atoms with Crippen molar-refractivity contribution in [1.82, 2.24) is 0 Å². The third kappa shape index (κ3) is 6.12. The van der Waals surface area contributed by atoms with Crippen molar-refractivity contribution in [2.75, 3.05) is 0 Å². The molecule has 52 radical (unpaired) electrons. The van der Waals surface area contributed by atoms with Gasteiger partial charge in [-0.25, -0.2) is 0 Å². The van der Waals surface area contributed by atoms with Crippen LogP contribution in [-0.2, 0) is 0 Å². The van der Waals surface area contributed by atoms with Crippen molar-refractivity contribution < 1.29 is 0 Å². The fourth-order valence-electron chi connectivity index (χ4n) is 10.3. The van der Waals surface area contributed by atoms with Gasteiger partial charge in [0.1, 0.15) is 196 Å². The molecule has 248 valence electrons. The molecular formula is C42H2B26. The predicted octanol–water partition coefficient (Wildman–Crippen LogP) is -18.3. The molecule has 0 nitrogen and oxygen atoms in total. The lowest BCUT2D eigenvalue weighted by atomic mass is 9.55. The Hall–Kier alpha value is -3.51. The topological polar surface area (TPSA) is 0 Å². The number of hydrogen-bond donors (Lipinski definition) is 0. The Bertz CT molecular complexity index is 3680. The Labute approximate surface area is 431 Å². The lowest BCUT2D eigenvalue weighted by Crippen LogP contribution is -2.63. The molecule has 0 spiro atoms. The summed E-state index contributed by atoms with van der Waals surface area (Å²) in [5.41, 5.74) is -1.43. The van der Waals surface area contributed by atoms with Gasteiger partial charge in [0.05, 0.1) is 7.85 Å². The maximum atomic E-state index is 7.31. The van der Waals surface area contributed by atoms with Crippen molar-refractivity contribution in [3.63, 3.8) is 0 Å². The molecule has 0 aliphatic heterocycles. The van der Waals surface area contributed by atoms with E-state index in [0.29, 0.717) is 0 Å². The van der Waals surface area contributed by atoms with Crippen LogP contribution in [0.25, 0.3) is 71.0 Å². The van der Waals surface area contributed by atoms with E-state index in [0.717, 1.165) is 0 Å². The molecule has 0 fully saturated rings. The molecular weight excluding hydrogens is 786 g/mol. The van der Waals surface area contributed by atoms with Crippen LogP contribution in [-0.4, -0.2) is 204 Å². The zero-order valence-electron chi connectivity index (χ0n) is 36.2. The molecule has 9 rings (SSSR count). The number of hydrogen-bond acceptors (Lipinski definition) is 0. The van der Waals surface area contributed by atoms with Gasteiger partial charge in [-0.05, 0) is 87.5 Å². The van der Waals surface area contributed by atoms with Crippen molar-refractivity contribution in [3.05, 3.63) is 32.6 Å². The van der Waals surface area contributed by atoms with Crippen molar-refractivity contribution in [1.29, 1.82) is 0 Å². The minimum absolute atomic E-state index is 0.00402. The third-order valence-corrected chi connectivity index (χ3v) is 13.9. The summed E-state index contributed by atoms with van der Waals surface area (Å²) in [6, 6.07) is 0. The van der Waals surface area contributed by atoms with Gasteiger partial charge in [-0.3, -0.25) is 0 Å². The molecule has 1 unspecified atom stereocenters. The van der Waals surface area contributed by atoms with Gasteiger partial charge in [-0.15, -0.1) is 60.1 Å². The van der Waals surface area contributed by atoms with Gasteiger partial charge in [0, 0.05) is 5.92 Å². The lowest BCUT2D eigenvalue weighted by molar-refractivity contribution is 1.23. The van der Waals surface area contributed by atoms with E-state index in [1.54, 1.807) is 0 Å². The Morgan fingerprint density at radius 1 is 0.206 bits per heavy atom. The second-order valence-corrected chi connectivity index (χ2v) is 17.1. The summed E-state index contributed by atoms with van der Waals surface area (Å²) in [7, 11) is 176. The molecule has 68 heavy (non-hydrogen) atoms. The second-order valence-electron chi connectivity index (χ2n) is 17.1. The van der Waals surface area contributed by atoms with Crippen LogP contribution in [0.1, 0.15) is 28.4 Å². The number of rotatable bonds is 3. The van der Waals surface area contributed by atoms with E-state index in [4.69, 9.17) is 204 Å².